The normalized spacial score (nSPS) is 22.2. The average molecular weight is 283 g/mol. The van der Waals surface area contributed by atoms with Crippen LogP contribution in [0.25, 0.3) is 0 Å². The molecule has 0 spiro atoms. The monoisotopic (exact) mass is 283 g/mol. The van der Waals surface area contributed by atoms with Crippen LogP contribution in [0.4, 0.5) is 0 Å². The van der Waals surface area contributed by atoms with Gasteiger partial charge in [0.05, 0.1) is 11.5 Å². The number of nitrogens with zero attached hydrogens (tertiary/aromatic N) is 2. The molecule has 2 N–H and O–H groups in total. The molecular weight excluding hydrogens is 266 g/mol. The Morgan fingerprint density at radius 2 is 2.26 bits per heavy atom. The van der Waals surface area contributed by atoms with E-state index in [9.17, 15) is 13.2 Å². The Kier molecular flexibility index (Phi) is 3.86. The van der Waals surface area contributed by atoms with Gasteiger partial charge in [0, 0.05) is 25.3 Å². The van der Waals surface area contributed by atoms with E-state index in [1.165, 1.54) is 0 Å². The fraction of sp³-hybridized carbons (Fsp3) is 0.500. The summed E-state index contributed by atoms with van der Waals surface area (Å²) < 4.78 is 23.0. The minimum absolute atomic E-state index is 0.0135. The van der Waals surface area contributed by atoms with Gasteiger partial charge in [-0.25, -0.2) is 8.42 Å². The molecule has 19 heavy (non-hydrogen) atoms. The molecule has 7 heteroatoms. The Labute approximate surface area is 112 Å². The van der Waals surface area contributed by atoms with Gasteiger partial charge in [0.1, 0.15) is 5.69 Å². The second-order valence-electron chi connectivity index (χ2n) is 4.72. The Hall–Kier alpha value is -1.47. The minimum Gasteiger partial charge on any atom is -0.333 e. The van der Waals surface area contributed by atoms with Gasteiger partial charge in [-0.15, -0.1) is 0 Å². The van der Waals surface area contributed by atoms with Gasteiger partial charge in [0.2, 0.25) is 0 Å². The number of amides is 1. The summed E-state index contributed by atoms with van der Waals surface area (Å²) in [4.78, 5) is 17.9. The number of carbonyl (C=O) groups is 1. The highest BCUT2D eigenvalue weighted by Gasteiger charge is 2.32. The van der Waals surface area contributed by atoms with E-state index in [0.29, 0.717) is 12.2 Å². The molecule has 0 saturated carbocycles. The summed E-state index contributed by atoms with van der Waals surface area (Å²) >= 11 is 0. The first kappa shape index (κ1) is 14.0. The van der Waals surface area contributed by atoms with Gasteiger partial charge in [-0.2, -0.15) is 0 Å². The van der Waals surface area contributed by atoms with Crippen LogP contribution in [0.3, 0.4) is 0 Å². The van der Waals surface area contributed by atoms with Crippen LogP contribution in [0, 0.1) is 0 Å². The van der Waals surface area contributed by atoms with Crippen molar-refractivity contribution in [3.63, 3.8) is 0 Å². The third kappa shape index (κ3) is 3.10. The summed E-state index contributed by atoms with van der Waals surface area (Å²) in [5.41, 5.74) is 6.64. The van der Waals surface area contributed by atoms with E-state index in [1.54, 1.807) is 30.2 Å². The highest BCUT2D eigenvalue weighted by molar-refractivity contribution is 7.91. The van der Waals surface area contributed by atoms with Gasteiger partial charge >= 0.3 is 0 Å². The fourth-order valence-electron chi connectivity index (χ4n) is 2.12. The number of hydrogen-bond donors (Lipinski definition) is 1. The molecule has 1 atom stereocenters. The summed E-state index contributed by atoms with van der Waals surface area (Å²) in [6.07, 6.45) is 1.57. The zero-order valence-corrected chi connectivity index (χ0v) is 11.6. The maximum Gasteiger partial charge on any atom is 0.272 e. The van der Waals surface area contributed by atoms with E-state index < -0.39 is 9.84 Å². The third-order valence-electron chi connectivity index (χ3n) is 3.21. The SMILES string of the molecule is CC1CS(=O)(=O)CCN1C(=O)c1ccc(CN)cn1. The second-order valence-corrected chi connectivity index (χ2v) is 6.95. The first-order valence-electron chi connectivity index (χ1n) is 6.09. The molecule has 1 fully saturated rings. The maximum atomic E-state index is 12.3. The lowest BCUT2D eigenvalue weighted by Gasteiger charge is -2.32. The molecule has 6 nitrogen and oxygen atoms in total. The first-order chi connectivity index (χ1) is 8.93. The highest BCUT2D eigenvalue weighted by Crippen LogP contribution is 2.14. The van der Waals surface area contributed by atoms with E-state index in [0.717, 1.165) is 5.56 Å². The molecule has 1 unspecified atom stereocenters. The lowest BCUT2D eigenvalue weighted by atomic mass is 10.2. The summed E-state index contributed by atoms with van der Waals surface area (Å²) in [7, 11) is -3.02. The zero-order valence-electron chi connectivity index (χ0n) is 10.7. The Morgan fingerprint density at radius 3 is 2.79 bits per heavy atom. The van der Waals surface area contributed by atoms with Crippen LogP contribution >= 0.6 is 0 Å². The molecule has 2 rings (SSSR count). The molecule has 0 bridgehead atoms. The van der Waals surface area contributed by atoms with Crippen molar-refractivity contribution in [2.75, 3.05) is 18.1 Å². The molecule has 104 valence electrons. The van der Waals surface area contributed by atoms with Gasteiger partial charge in [-0.05, 0) is 18.6 Å². The number of aromatic nitrogens is 1. The number of rotatable bonds is 2. The quantitative estimate of drug-likeness (QED) is 0.811. The number of carbonyl (C=O) groups excluding carboxylic acids is 1. The largest absolute Gasteiger partial charge is 0.333 e. The van der Waals surface area contributed by atoms with Crippen LogP contribution in [-0.4, -0.2) is 48.3 Å². The summed E-state index contributed by atoms with van der Waals surface area (Å²) in [5, 5.41) is 0. The van der Waals surface area contributed by atoms with Crippen molar-refractivity contribution in [3.8, 4) is 0 Å². The number of hydrogen-bond acceptors (Lipinski definition) is 5. The lowest BCUT2D eigenvalue weighted by molar-refractivity contribution is 0.0706. The molecule has 1 aliphatic heterocycles. The number of sulfone groups is 1. The molecule has 1 aromatic heterocycles. The molecular formula is C12H17N3O3S. The predicted octanol–water partition coefficient (Wildman–Crippen LogP) is -0.201. The Balaban J connectivity index is 2.15. The van der Waals surface area contributed by atoms with Gasteiger partial charge in [0.25, 0.3) is 5.91 Å². The topological polar surface area (TPSA) is 93.4 Å². The van der Waals surface area contributed by atoms with E-state index in [-0.39, 0.29) is 30.0 Å². The van der Waals surface area contributed by atoms with E-state index >= 15 is 0 Å². The summed E-state index contributed by atoms with van der Waals surface area (Å²) in [6.45, 7) is 2.34. The van der Waals surface area contributed by atoms with E-state index in [1.807, 2.05) is 0 Å². The van der Waals surface area contributed by atoms with Crippen molar-refractivity contribution in [2.24, 2.45) is 5.73 Å². The van der Waals surface area contributed by atoms with Crippen molar-refractivity contribution in [2.45, 2.75) is 19.5 Å². The van der Waals surface area contributed by atoms with Crippen molar-refractivity contribution in [3.05, 3.63) is 29.6 Å². The van der Waals surface area contributed by atoms with E-state index in [4.69, 9.17) is 5.73 Å². The molecule has 1 amide bonds. The van der Waals surface area contributed by atoms with Gasteiger partial charge < -0.3 is 10.6 Å². The number of pyridine rings is 1. The maximum absolute atomic E-state index is 12.3. The lowest BCUT2D eigenvalue weighted by Crippen LogP contribution is -2.49. The third-order valence-corrected chi connectivity index (χ3v) is 5.01. The molecule has 1 saturated heterocycles. The van der Waals surface area contributed by atoms with Gasteiger partial charge in [-0.3, -0.25) is 9.78 Å². The van der Waals surface area contributed by atoms with Crippen LogP contribution in [0.2, 0.25) is 0 Å². The van der Waals surface area contributed by atoms with Crippen LogP contribution in [-0.2, 0) is 16.4 Å². The first-order valence-corrected chi connectivity index (χ1v) is 7.91. The Morgan fingerprint density at radius 1 is 1.53 bits per heavy atom. The molecule has 0 aromatic carbocycles. The molecule has 1 aromatic rings. The standard InChI is InChI=1S/C12H17N3O3S/c1-9-8-19(17,18)5-4-15(9)12(16)11-3-2-10(6-13)7-14-11/h2-3,7,9H,4-6,8,13H2,1H3. The molecule has 0 radical (unpaired) electrons. The van der Waals surface area contributed by atoms with E-state index in [2.05, 4.69) is 4.98 Å². The smallest absolute Gasteiger partial charge is 0.272 e. The summed E-state index contributed by atoms with van der Waals surface area (Å²) in [5.74, 6) is -0.199. The van der Waals surface area contributed by atoms with Crippen LogP contribution < -0.4 is 5.73 Å². The highest BCUT2D eigenvalue weighted by atomic mass is 32.2. The second kappa shape index (κ2) is 5.26. The molecule has 2 heterocycles. The van der Waals surface area contributed by atoms with Gasteiger partial charge in [0.15, 0.2) is 9.84 Å². The van der Waals surface area contributed by atoms with Crippen LogP contribution in [0.1, 0.15) is 23.0 Å². The molecule has 0 aliphatic carbocycles. The predicted molar refractivity (Wildman–Crippen MR) is 71.3 cm³/mol. The minimum atomic E-state index is -3.02. The van der Waals surface area contributed by atoms with Crippen LogP contribution in [0.15, 0.2) is 18.3 Å². The van der Waals surface area contributed by atoms with Gasteiger partial charge in [-0.1, -0.05) is 6.07 Å². The van der Waals surface area contributed by atoms with Crippen molar-refractivity contribution in [1.29, 1.82) is 0 Å². The van der Waals surface area contributed by atoms with Crippen LogP contribution in [0.5, 0.6) is 0 Å². The Bertz CT molecular complexity index is 568. The summed E-state index contributed by atoms with van der Waals surface area (Å²) in [6, 6.07) is 3.06. The van der Waals surface area contributed by atoms with Crippen molar-refractivity contribution >= 4 is 15.7 Å². The fourth-order valence-corrected chi connectivity index (χ4v) is 3.68. The van der Waals surface area contributed by atoms with Crippen molar-refractivity contribution < 1.29 is 13.2 Å². The van der Waals surface area contributed by atoms with Crippen molar-refractivity contribution in [1.82, 2.24) is 9.88 Å². The molecule has 1 aliphatic rings. The average Bonchev–Trinajstić information content (AvgIpc) is 2.37. The number of nitrogens with two attached hydrogens (primary N) is 1. The zero-order chi connectivity index (χ0) is 14.0.